The fourth-order valence-corrected chi connectivity index (χ4v) is 4.22. The molecule has 4 aromatic rings. The monoisotopic (exact) mass is 468 g/mol. The van der Waals surface area contributed by atoms with Crippen molar-refractivity contribution in [1.29, 1.82) is 0 Å². The van der Waals surface area contributed by atoms with Crippen molar-refractivity contribution in [1.82, 2.24) is 19.1 Å². The number of rotatable bonds is 4. The van der Waals surface area contributed by atoms with Crippen LogP contribution < -0.4 is 11.2 Å². The second kappa shape index (κ2) is 7.96. The van der Waals surface area contributed by atoms with E-state index in [0.717, 1.165) is 20.2 Å². The zero-order valence-electron chi connectivity index (χ0n) is 15.8. The summed E-state index contributed by atoms with van der Waals surface area (Å²) in [4.78, 5) is 34.5. The molecule has 0 aliphatic rings. The number of aryl methyl sites for hydroxylation is 1. The van der Waals surface area contributed by atoms with Crippen LogP contribution in [0.15, 0.2) is 73.7 Å². The third-order valence-electron chi connectivity index (χ3n) is 4.59. The first kappa shape index (κ1) is 19.6. The molecular formula is C21H17BrN4O2S. The molecule has 146 valence electrons. The summed E-state index contributed by atoms with van der Waals surface area (Å²) in [5.41, 5.74) is 1.47. The van der Waals surface area contributed by atoms with E-state index in [2.05, 4.69) is 20.9 Å². The Bertz CT molecular complexity index is 1320. The summed E-state index contributed by atoms with van der Waals surface area (Å²) in [6.45, 7) is 0. The molecule has 4 rings (SSSR count). The zero-order valence-corrected chi connectivity index (χ0v) is 18.2. The van der Waals surface area contributed by atoms with Gasteiger partial charge in [0.05, 0.1) is 0 Å². The molecular weight excluding hydrogens is 452 g/mol. The van der Waals surface area contributed by atoms with Crippen LogP contribution in [0.2, 0.25) is 0 Å². The van der Waals surface area contributed by atoms with E-state index in [1.165, 1.54) is 23.4 Å². The molecule has 2 heterocycles. The predicted octanol–water partition coefficient (Wildman–Crippen LogP) is 3.75. The number of nitrogens with zero attached hydrogens (tertiary/aromatic N) is 4. The first-order valence-corrected chi connectivity index (χ1v) is 10.6. The smallest absolute Gasteiger partial charge is 0.280 e. The van der Waals surface area contributed by atoms with Gasteiger partial charge < -0.3 is 0 Å². The first-order chi connectivity index (χ1) is 14.0. The molecule has 8 heteroatoms. The Morgan fingerprint density at radius 2 is 1.62 bits per heavy atom. The van der Waals surface area contributed by atoms with Gasteiger partial charge in [-0.3, -0.25) is 13.9 Å². The highest BCUT2D eigenvalue weighted by Gasteiger charge is 2.18. The number of aromatic nitrogens is 4. The van der Waals surface area contributed by atoms with Crippen molar-refractivity contribution in [3.05, 3.63) is 85.5 Å². The Hall–Kier alpha value is -2.71. The van der Waals surface area contributed by atoms with Gasteiger partial charge in [-0.2, -0.15) is 0 Å². The predicted molar refractivity (Wildman–Crippen MR) is 119 cm³/mol. The van der Waals surface area contributed by atoms with Crippen LogP contribution in [0.4, 0.5) is 0 Å². The minimum atomic E-state index is -0.413. The lowest BCUT2D eigenvalue weighted by atomic mass is 10.2. The third-order valence-corrected chi connectivity index (χ3v) is 6.16. The van der Waals surface area contributed by atoms with Crippen molar-refractivity contribution >= 4 is 38.7 Å². The summed E-state index contributed by atoms with van der Waals surface area (Å²) in [7, 11) is 3.09. The number of hydrogen-bond acceptors (Lipinski definition) is 5. The van der Waals surface area contributed by atoms with E-state index in [1.54, 1.807) is 7.05 Å². The number of halogens is 1. The van der Waals surface area contributed by atoms with E-state index >= 15 is 0 Å². The molecule has 0 radical (unpaired) electrons. The molecule has 0 spiro atoms. The van der Waals surface area contributed by atoms with Crippen molar-refractivity contribution in [3.63, 3.8) is 0 Å². The highest BCUT2D eigenvalue weighted by atomic mass is 79.9. The molecule has 0 saturated heterocycles. The van der Waals surface area contributed by atoms with Crippen molar-refractivity contribution in [2.45, 2.75) is 10.8 Å². The van der Waals surface area contributed by atoms with Gasteiger partial charge in [-0.25, -0.2) is 14.8 Å². The number of benzene rings is 2. The molecule has 0 N–H and O–H groups in total. The lowest BCUT2D eigenvalue weighted by Gasteiger charge is -2.12. The van der Waals surface area contributed by atoms with Crippen LogP contribution in [-0.2, 0) is 19.8 Å². The number of fused-ring (bicyclic) bond motifs is 1. The van der Waals surface area contributed by atoms with Crippen LogP contribution in [0.25, 0.3) is 22.4 Å². The zero-order chi connectivity index (χ0) is 20.5. The summed E-state index contributed by atoms with van der Waals surface area (Å²) in [6, 6.07) is 17.5. The topological polar surface area (TPSA) is 69.8 Å². The molecule has 0 unspecified atom stereocenters. The molecule has 0 aliphatic heterocycles. The average Bonchev–Trinajstić information content (AvgIpc) is 2.75. The molecule has 29 heavy (non-hydrogen) atoms. The van der Waals surface area contributed by atoms with Crippen molar-refractivity contribution in [3.8, 4) is 11.4 Å². The molecule has 0 bridgehead atoms. The van der Waals surface area contributed by atoms with E-state index in [1.807, 2.05) is 54.6 Å². The van der Waals surface area contributed by atoms with Crippen LogP contribution in [0.3, 0.4) is 0 Å². The molecule has 2 aromatic carbocycles. The molecule has 0 fully saturated rings. The summed E-state index contributed by atoms with van der Waals surface area (Å²) in [6.07, 6.45) is 0. The highest BCUT2D eigenvalue weighted by Crippen LogP contribution is 2.28. The van der Waals surface area contributed by atoms with Crippen LogP contribution in [-0.4, -0.2) is 19.1 Å². The molecule has 0 aliphatic carbocycles. The lowest BCUT2D eigenvalue weighted by Crippen LogP contribution is -2.37. The molecule has 6 nitrogen and oxygen atoms in total. The minimum Gasteiger partial charge on any atom is -0.280 e. The fourth-order valence-electron chi connectivity index (χ4n) is 2.98. The van der Waals surface area contributed by atoms with Crippen molar-refractivity contribution in [2.24, 2.45) is 14.1 Å². The third kappa shape index (κ3) is 3.77. The van der Waals surface area contributed by atoms with E-state index in [4.69, 9.17) is 4.98 Å². The second-order valence-electron chi connectivity index (χ2n) is 6.54. The minimum absolute atomic E-state index is 0.338. The maximum absolute atomic E-state index is 12.9. The Morgan fingerprint density at radius 3 is 2.31 bits per heavy atom. The van der Waals surface area contributed by atoms with Gasteiger partial charge in [0, 0.05) is 29.9 Å². The molecule has 0 saturated carbocycles. The first-order valence-electron chi connectivity index (χ1n) is 8.86. The largest absolute Gasteiger partial charge is 0.332 e. The van der Waals surface area contributed by atoms with Crippen molar-refractivity contribution < 1.29 is 0 Å². The summed E-state index contributed by atoms with van der Waals surface area (Å²) in [5, 5.41) is 0.921. The lowest BCUT2D eigenvalue weighted by molar-refractivity contribution is 0.703. The van der Waals surface area contributed by atoms with Crippen LogP contribution in [0.5, 0.6) is 0 Å². The van der Waals surface area contributed by atoms with Gasteiger partial charge in [-0.1, -0.05) is 58.4 Å². The Kier molecular flexibility index (Phi) is 5.38. The summed E-state index contributed by atoms with van der Waals surface area (Å²) >= 11 is 4.90. The van der Waals surface area contributed by atoms with Gasteiger partial charge in [0.1, 0.15) is 10.4 Å². The van der Waals surface area contributed by atoms with Gasteiger partial charge in [0.15, 0.2) is 11.5 Å². The van der Waals surface area contributed by atoms with Crippen LogP contribution in [0, 0.1) is 0 Å². The Balaban J connectivity index is 1.91. The maximum Gasteiger partial charge on any atom is 0.332 e. The quantitative estimate of drug-likeness (QED) is 0.337. The summed E-state index contributed by atoms with van der Waals surface area (Å²) in [5.74, 6) is 1.12. The van der Waals surface area contributed by atoms with E-state index < -0.39 is 5.69 Å². The van der Waals surface area contributed by atoms with Crippen LogP contribution >= 0.6 is 27.7 Å². The fraction of sp³-hybridized carbons (Fsp3) is 0.143. The van der Waals surface area contributed by atoms with Gasteiger partial charge in [-0.15, -0.1) is 11.8 Å². The number of hydrogen-bond donors (Lipinski definition) is 0. The highest BCUT2D eigenvalue weighted by molar-refractivity contribution is 9.10. The van der Waals surface area contributed by atoms with E-state index in [0.29, 0.717) is 27.6 Å². The van der Waals surface area contributed by atoms with Gasteiger partial charge in [-0.05, 0) is 17.7 Å². The van der Waals surface area contributed by atoms with Gasteiger partial charge in [0.2, 0.25) is 0 Å². The molecule has 0 atom stereocenters. The Labute approximate surface area is 179 Å². The normalized spacial score (nSPS) is 11.1. The standard InChI is InChI=1S/C21H17BrN4O2S/c1-25-18-16(20(27)26(2)21(25)28)19(29-12-13-8-10-15(22)11-9-13)24-17(23-18)14-6-4-3-5-7-14/h3-11H,12H2,1-2H3. The van der Waals surface area contributed by atoms with E-state index in [9.17, 15) is 9.59 Å². The average molecular weight is 469 g/mol. The SMILES string of the molecule is Cn1c(=O)c2c(SCc3ccc(Br)cc3)nc(-c3ccccc3)nc2n(C)c1=O. The van der Waals surface area contributed by atoms with Crippen molar-refractivity contribution in [2.75, 3.05) is 0 Å². The van der Waals surface area contributed by atoms with E-state index in [-0.39, 0.29) is 5.56 Å². The number of thioether (sulfide) groups is 1. The van der Waals surface area contributed by atoms with Crippen LogP contribution in [0.1, 0.15) is 5.56 Å². The maximum atomic E-state index is 12.9. The second-order valence-corrected chi connectivity index (χ2v) is 8.42. The van der Waals surface area contributed by atoms with Gasteiger partial charge >= 0.3 is 5.69 Å². The molecule has 0 amide bonds. The summed E-state index contributed by atoms with van der Waals surface area (Å²) < 4.78 is 3.50. The molecule has 2 aromatic heterocycles. The van der Waals surface area contributed by atoms with Gasteiger partial charge in [0.25, 0.3) is 5.56 Å². The Morgan fingerprint density at radius 1 is 0.931 bits per heavy atom.